The smallest absolute Gasteiger partial charge is 0.268 e. The third-order valence-corrected chi connectivity index (χ3v) is 4.37. The zero-order chi connectivity index (χ0) is 16.0. The number of fused-ring (bicyclic) bond motifs is 2. The summed E-state index contributed by atoms with van der Waals surface area (Å²) in [5, 5.41) is 11.0. The Morgan fingerprint density at radius 2 is 1.96 bits per heavy atom. The van der Waals surface area contributed by atoms with Gasteiger partial charge in [0.15, 0.2) is 17.1 Å². The molecule has 1 atom stereocenters. The van der Waals surface area contributed by atoms with Crippen molar-refractivity contribution in [1.29, 1.82) is 0 Å². The molecule has 2 aromatic rings. The Labute approximate surface area is 134 Å². The molecule has 0 fully saturated rings. The van der Waals surface area contributed by atoms with Gasteiger partial charge in [-0.05, 0) is 24.6 Å². The summed E-state index contributed by atoms with van der Waals surface area (Å²) in [7, 11) is 0. The van der Waals surface area contributed by atoms with Crippen molar-refractivity contribution in [2.75, 3.05) is 11.7 Å². The van der Waals surface area contributed by atoms with E-state index in [9.17, 15) is 9.90 Å². The standard InChI is InChI=1S/C18H17NO4/c1-2-9-18(21)13-5-3-4-6-14(13)19(17(18)20)12-7-8-15-16(10-12)23-11-22-15/h3-8,10,21H,2,9,11H2,1H3. The molecule has 1 amide bonds. The van der Waals surface area contributed by atoms with Crippen molar-refractivity contribution < 1.29 is 19.4 Å². The van der Waals surface area contributed by atoms with Gasteiger partial charge in [0, 0.05) is 11.6 Å². The van der Waals surface area contributed by atoms with Crippen molar-refractivity contribution in [3.8, 4) is 11.5 Å². The lowest BCUT2D eigenvalue weighted by Gasteiger charge is -2.23. The maximum absolute atomic E-state index is 13.0. The molecule has 0 spiro atoms. The molecule has 0 aromatic heterocycles. The zero-order valence-electron chi connectivity index (χ0n) is 12.8. The van der Waals surface area contributed by atoms with Crippen LogP contribution in [0.4, 0.5) is 11.4 Å². The lowest BCUT2D eigenvalue weighted by molar-refractivity contribution is -0.136. The topological polar surface area (TPSA) is 59.0 Å². The number of nitrogens with zero attached hydrogens (tertiary/aromatic N) is 1. The second kappa shape index (κ2) is 4.99. The fourth-order valence-electron chi connectivity index (χ4n) is 3.31. The van der Waals surface area contributed by atoms with Crippen LogP contribution >= 0.6 is 0 Å². The van der Waals surface area contributed by atoms with Crippen LogP contribution in [0.3, 0.4) is 0 Å². The van der Waals surface area contributed by atoms with Crippen LogP contribution in [0.2, 0.25) is 0 Å². The van der Waals surface area contributed by atoms with Gasteiger partial charge < -0.3 is 14.6 Å². The predicted octanol–water partition coefficient (Wildman–Crippen LogP) is 3.08. The van der Waals surface area contributed by atoms with Gasteiger partial charge in [-0.1, -0.05) is 31.5 Å². The summed E-state index contributed by atoms with van der Waals surface area (Å²) >= 11 is 0. The lowest BCUT2D eigenvalue weighted by Crippen LogP contribution is -2.38. The van der Waals surface area contributed by atoms with E-state index in [1.807, 2.05) is 31.2 Å². The molecule has 1 unspecified atom stereocenters. The summed E-state index contributed by atoms with van der Waals surface area (Å²) in [6.07, 6.45) is 1.11. The molecule has 0 bridgehead atoms. The van der Waals surface area contributed by atoms with E-state index in [0.29, 0.717) is 41.3 Å². The molecule has 2 aliphatic rings. The number of amides is 1. The van der Waals surface area contributed by atoms with Gasteiger partial charge in [-0.15, -0.1) is 0 Å². The van der Waals surface area contributed by atoms with Gasteiger partial charge in [0.25, 0.3) is 5.91 Å². The highest BCUT2D eigenvalue weighted by molar-refractivity contribution is 6.12. The van der Waals surface area contributed by atoms with E-state index in [4.69, 9.17) is 9.47 Å². The van der Waals surface area contributed by atoms with Crippen LogP contribution in [0.25, 0.3) is 0 Å². The molecular weight excluding hydrogens is 294 g/mol. The van der Waals surface area contributed by atoms with E-state index >= 15 is 0 Å². The number of carbonyl (C=O) groups excluding carboxylic acids is 1. The molecular formula is C18H17NO4. The fraction of sp³-hybridized carbons (Fsp3) is 0.278. The number of rotatable bonds is 3. The molecule has 2 aliphatic heterocycles. The van der Waals surface area contributed by atoms with Crippen molar-refractivity contribution in [2.24, 2.45) is 0 Å². The minimum Gasteiger partial charge on any atom is -0.454 e. The Bertz CT molecular complexity index is 788. The first-order valence-electron chi connectivity index (χ1n) is 7.71. The molecule has 5 nitrogen and oxygen atoms in total. The Hall–Kier alpha value is -2.53. The summed E-state index contributed by atoms with van der Waals surface area (Å²) in [6, 6.07) is 12.7. The van der Waals surface area contributed by atoms with E-state index in [1.54, 1.807) is 23.1 Å². The summed E-state index contributed by atoms with van der Waals surface area (Å²) in [5.74, 6) is 0.954. The highest BCUT2D eigenvalue weighted by atomic mass is 16.7. The van der Waals surface area contributed by atoms with Crippen molar-refractivity contribution in [3.05, 3.63) is 48.0 Å². The van der Waals surface area contributed by atoms with Crippen LogP contribution in [0, 0.1) is 0 Å². The van der Waals surface area contributed by atoms with Crippen LogP contribution in [0.5, 0.6) is 11.5 Å². The molecule has 0 radical (unpaired) electrons. The largest absolute Gasteiger partial charge is 0.454 e. The normalized spacial score (nSPS) is 21.7. The van der Waals surface area contributed by atoms with Gasteiger partial charge in [0.2, 0.25) is 6.79 Å². The average Bonchev–Trinajstić information content (AvgIpc) is 3.10. The molecule has 23 heavy (non-hydrogen) atoms. The van der Waals surface area contributed by atoms with Gasteiger partial charge in [-0.2, -0.15) is 0 Å². The molecule has 118 valence electrons. The summed E-state index contributed by atoms with van der Waals surface area (Å²) in [5.41, 5.74) is 0.567. The first-order chi connectivity index (χ1) is 11.1. The zero-order valence-corrected chi connectivity index (χ0v) is 12.8. The predicted molar refractivity (Wildman–Crippen MR) is 85.0 cm³/mol. The molecule has 2 heterocycles. The summed E-state index contributed by atoms with van der Waals surface area (Å²) < 4.78 is 10.7. The van der Waals surface area contributed by atoms with E-state index in [-0.39, 0.29) is 12.7 Å². The quantitative estimate of drug-likeness (QED) is 0.946. The van der Waals surface area contributed by atoms with Crippen LogP contribution in [0.15, 0.2) is 42.5 Å². The number of hydrogen-bond acceptors (Lipinski definition) is 4. The third-order valence-electron chi connectivity index (χ3n) is 4.37. The second-order valence-electron chi connectivity index (χ2n) is 5.81. The van der Waals surface area contributed by atoms with E-state index < -0.39 is 5.60 Å². The van der Waals surface area contributed by atoms with Gasteiger partial charge in [-0.25, -0.2) is 0 Å². The van der Waals surface area contributed by atoms with Gasteiger partial charge in [0.05, 0.1) is 11.4 Å². The average molecular weight is 311 g/mol. The second-order valence-corrected chi connectivity index (χ2v) is 5.81. The number of hydrogen-bond donors (Lipinski definition) is 1. The Balaban J connectivity index is 1.85. The monoisotopic (exact) mass is 311 g/mol. The Morgan fingerprint density at radius 1 is 1.17 bits per heavy atom. The first-order valence-corrected chi connectivity index (χ1v) is 7.71. The number of carbonyl (C=O) groups is 1. The maximum Gasteiger partial charge on any atom is 0.268 e. The molecule has 4 rings (SSSR count). The minimum absolute atomic E-state index is 0.184. The highest BCUT2D eigenvalue weighted by Gasteiger charge is 2.49. The highest BCUT2D eigenvalue weighted by Crippen LogP contribution is 2.47. The fourth-order valence-corrected chi connectivity index (χ4v) is 3.31. The van der Waals surface area contributed by atoms with Crippen LogP contribution < -0.4 is 14.4 Å². The number of benzene rings is 2. The SMILES string of the molecule is CCCC1(O)C(=O)N(c2ccc3c(c2)OCO3)c2ccccc21. The van der Waals surface area contributed by atoms with Gasteiger partial charge in [-0.3, -0.25) is 9.69 Å². The van der Waals surface area contributed by atoms with E-state index in [1.165, 1.54) is 0 Å². The molecule has 0 saturated carbocycles. The first kappa shape index (κ1) is 14.1. The maximum atomic E-state index is 13.0. The van der Waals surface area contributed by atoms with Crippen molar-refractivity contribution in [2.45, 2.75) is 25.4 Å². The molecule has 2 aromatic carbocycles. The number of aliphatic hydroxyl groups is 1. The lowest BCUT2D eigenvalue weighted by atomic mass is 9.91. The number of anilines is 2. The molecule has 0 aliphatic carbocycles. The summed E-state index contributed by atoms with van der Waals surface area (Å²) in [4.78, 5) is 14.5. The van der Waals surface area contributed by atoms with Crippen LogP contribution in [0.1, 0.15) is 25.3 Å². The van der Waals surface area contributed by atoms with E-state index in [0.717, 1.165) is 0 Å². The van der Waals surface area contributed by atoms with Crippen molar-refractivity contribution in [1.82, 2.24) is 0 Å². The molecule has 1 N–H and O–H groups in total. The Kier molecular flexibility index (Phi) is 3.06. The summed E-state index contributed by atoms with van der Waals surface area (Å²) in [6.45, 7) is 2.14. The molecule has 0 saturated heterocycles. The van der Waals surface area contributed by atoms with E-state index in [2.05, 4.69) is 0 Å². The van der Waals surface area contributed by atoms with Gasteiger partial charge in [0.1, 0.15) is 0 Å². The number of para-hydroxylation sites is 1. The van der Waals surface area contributed by atoms with Crippen molar-refractivity contribution >= 4 is 17.3 Å². The van der Waals surface area contributed by atoms with Crippen LogP contribution in [-0.2, 0) is 10.4 Å². The van der Waals surface area contributed by atoms with Gasteiger partial charge >= 0.3 is 0 Å². The third kappa shape index (κ3) is 1.93. The minimum atomic E-state index is -1.47. The number of ether oxygens (including phenoxy) is 2. The van der Waals surface area contributed by atoms with Crippen molar-refractivity contribution in [3.63, 3.8) is 0 Å². The Morgan fingerprint density at radius 3 is 2.78 bits per heavy atom. The van der Waals surface area contributed by atoms with Crippen LogP contribution in [-0.4, -0.2) is 17.8 Å². The molecule has 5 heteroatoms.